The molecule has 1 aliphatic rings. The van der Waals surface area contributed by atoms with Crippen molar-refractivity contribution in [3.63, 3.8) is 0 Å². The minimum absolute atomic E-state index is 0.662. The number of hydrogen-bond acceptors (Lipinski definition) is 6. The van der Waals surface area contributed by atoms with Crippen molar-refractivity contribution in [2.24, 2.45) is 0 Å². The summed E-state index contributed by atoms with van der Waals surface area (Å²) in [5.74, 6) is 2.52. The monoisotopic (exact) mass is 287 g/mol. The van der Waals surface area contributed by atoms with E-state index in [2.05, 4.69) is 27.6 Å². The van der Waals surface area contributed by atoms with Crippen molar-refractivity contribution in [3.05, 3.63) is 11.1 Å². The highest BCUT2D eigenvalue weighted by Crippen LogP contribution is 2.27. The zero-order chi connectivity index (χ0) is 12.8. The van der Waals surface area contributed by atoms with Crippen LogP contribution >= 0.6 is 23.1 Å². The molecule has 0 bridgehead atoms. The molecule has 0 spiro atoms. The van der Waals surface area contributed by atoms with Gasteiger partial charge in [-0.25, -0.2) is 4.98 Å². The van der Waals surface area contributed by atoms with Crippen molar-refractivity contribution < 1.29 is 4.74 Å². The lowest BCUT2D eigenvalue weighted by atomic mass is 10.2. The lowest BCUT2D eigenvalue weighted by Crippen LogP contribution is -2.31. The summed E-state index contributed by atoms with van der Waals surface area (Å²) in [4.78, 5) is 7.02. The number of hydrogen-bond donors (Lipinski definition) is 1. The predicted molar refractivity (Wildman–Crippen MR) is 79.8 cm³/mol. The second-order valence-electron chi connectivity index (χ2n) is 4.42. The summed E-state index contributed by atoms with van der Waals surface area (Å²) in [7, 11) is 3.88. The number of ether oxygens (including phenoxy) is 1. The molecule has 0 saturated carbocycles. The lowest BCUT2D eigenvalue weighted by Gasteiger charge is -2.22. The number of anilines is 1. The van der Waals surface area contributed by atoms with Crippen LogP contribution in [0.15, 0.2) is 5.38 Å². The maximum atomic E-state index is 5.00. The molecule has 4 nitrogen and oxygen atoms in total. The predicted octanol–water partition coefficient (Wildman–Crippen LogP) is 1.82. The van der Waals surface area contributed by atoms with E-state index in [1.807, 2.05) is 11.8 Å². The Labute approximate surface area is 117 Å². The maximum absolute atomic E-state index is 5.00. The zero-order valence-corrected chi connectivity index (χ0v) is 12.6. The van der Waals surface area contributed by atoms with Crippen LogP contribution in [0.4, 0.5) is 5.13 Å². The fourth-order valence-electron chi connectivity index (χ4n) is 1.91. The van der Waals surface area contributed by atoms with Crippen LogP contribution in [0.25, 0.3) is 0 Å². The number of nitrogens with zero attached hydrogens (tertiary/aromatic N) is 2. The highest BCUT2D eigenvalue weighted by molar-refractivity contribution is 7.99. The zero-order valence-electron chi connectivity index (χ0n) is 11.0. The molecule has 1 aromatic heterocycles. The number of aromatic nitrogens is 1. The average molecular weight is 287 g/mol. The van der Waals surface area contributed by atoms with E-state index in [0.717, 1.165) is 30.5 Å². The molecule has 18 heavy (non-hydrogen) atoms. The van der Waals surface area contributed by atoms with E-state index < -0.39 is 0 Å². The molecule has 1 fully saturated rings. The van der Waals surface area contributed by atoms with Crippen LogP contribution in [-0.2, 0) is 11.3 Å². The number of thioether (sulfide) groups is 1. The Morgan fingerprint density at radius 2 is 2.50 bits per heavy atom. The van der Waals surface area contributed by atoms with Crippen LogP contribution in [0.1, 0.15) is 12.1 Å². The molecule has 102 valence electrons. The fraction of sp³-hybridized carbons (Fsp3) is 0.750. The molecule has 6 heteroatoms. The fourth-order valence-corrected chi connectivity index (χ4v) is 4.04. The Bertz CT molecular complexity index is 353. The molecular weight excluding hydrogens is 266 g/mol. The Hall–Kier alpha value is -0.300. The molecule has 2 rings (SSSR count). The van der Waals surface area contributed by atoms with Gasteiger partial charge in [0.1, 0.15) is 0 Å². The van der Waals surface area contributed by atoms with Gasteiger partial charge >= 0.3 is 0 Å². The van der Waals surface area contributed by atoms with Gasteiger partial charge in [-0.15, -0.1) is 11.3 Å². The molecule has 1 atom stereocenters. The van der Waals surface area contributed by atoms with Crippen molar-refractivity contribution in [3.8, 4) is 0 Å². The third-order valence-electron chi connectivity index (χ3n) is 3.08. The van der Waals surface area contributed by atoms with Gasteiger partial charge in [-0.05, 0) is 12.2 Å². The van der Waals surface area contributed by atoms with Crippen LogP contribution in [0.2, 0.25) is 0 Å². The van der Waals surface area contributed by atoms with Gasteiger partial charge in [0.15, 0.2) is 5.13 Å². The van der Waals surface area contributed by atoms with Gasteiger partial charge in [0.2, 0.25) is 0 Å². The number of rotatable bonds is 7. The first kappa shape index (κ1) is 14.1. The van der Waals surface area contributed by atoms with Crippen LogP contribution in [-0.4, -0.2) is 49.8 Å². The smallest absolute Gasteiger partial charge is 0.185 e. The topological polar surface area (TPSA) is 37.4 Å². The Morgan fingerprint density at radius 3 is 3.22 bits per heavy atom. The van der Waals surface area contributed by atoms with Gasteiger partial charge in [0.05, 0.1) is 12.3 Å². The van der Waals surface area contributed by atoms with E-state index in [1.54, 1.807) is 18.4 Å². The second kappa shape index (κ2) is 7.33. The summed E-state index contributed by atoms with van der Waals surface area (Å²) in [5.41, 5.74) is 1.13. The largest absolute Gasteiger partial charge is 0.383 e. The molecule has 0 amide bonds. The number of methoxy groups -OCH3 is 1. The summed E-state index contributed by atoms with van der Waals surface area (Å²) in [5, 5.41) is 6.61. The Kier molecular flexibility index (Phi) is 5.75. The molecule has 0 aromatic carbocycles. The molecule has 1 aliphatic heterocycles. The molecule has 1 unspecified atom stereocenters. The van der Waals surface area contributed by atoms with Gasteiger partial charge in [-0.3, -0.25) is 0 Å². The molecule has 0 aliphatic carbocycles. The lowest BCUT2D eigenvalue weighted by molar-refractivity contribution is 0.199. The molecule has 1 aromatic rings. The number of nitrogens with one attached hydrogen (secondary N) is 1. The van der Waals surface area contributed by atoms with E-state index in [1.165, 1.54) is 17.9 Å². The summed E-state index contributed by atoms with van der Waals surface area (Å²) < 4.78 is 5.00. The Balaban J connectivity index is 1.81. The van der Waals surface area contributed by atoms with Crippen molar-refractivity contribution in [1.29, 1.82) is 0 Å². The molecule has 1 N–H and O–H groups in total. The van der Waals surface area contributed by atoms with Gasteiger partial charge in [-0.2, -0.15) is 11.8 Å². The van der Waals surface area contributed by atoms with Crippen LogP contribution in [0.5, 0.6) is 0 Å². The van der Waals surface area contributed by atoms with Crippen LogP contribution in [0, 0.1) is 0 Å². The third kappa shape index (κ3) is 3.85. The van der Waals surface area contributed by atoms with Crippen molar-refractivity contribution >= 4 is 28.2 Å². The van der Waals surface area contributed by atoms with E-state index in [-0.39, 0.29) is 0 Å². The molecule has 2 heterocycles. The van der Waals surface area contributed by atoms with E-state index in [0.29, 0.717) is 6.04 Å². The third-order valence-corrected chi connectivity index (χ3v) is 5.21. The average Bonchev–Trinajstić information content (AvgIpc) is 3.05. The highest BCUT2D eigenvalue weighted by atomic mass is 32.2. The van der Waals surface area contributed by atoms with Gasteiger partial charge in [0.25, 0.3) is 0 Å². The minimum atomic E-state index is 0.662. The minimum Gasteiger partial charge on any atom is -0.383 e. The highest BCUT2D eigenvalue weighted by Gasteiger charge is 2.22. The summed E-state index contributed by atoms with van der Waals surface area (Å²) in [6.07, 6.45) is 1.28. The summed E-state index contributed by atoms with van der Waals surface area (Å²) >= 11 is 3.78. The van der Waals surface area contributed by atoms with Crippen molar-refractivity contribution in [2.75, 3.05) is 43.7 Å². The Morgan fingerprint density at radius 1 is 1.61 bits per heavy atom. The second-order valence-corrected chi connectivity index (χ2v) is 6.41. The SMILES string of the molecule is COCCNCc1csc(N(C)C2CCSC2)n1. The first-order valence-electron chi connectivity index (χ1n) is 6.26. The summed E-state index contributed by atoms with van der Waals surface area (Å²) in [6.45, 7) is 2.45. The molecule has 0 radical (unpaired) electrons. The van der Waals surface area contributed by atoms with Crippen LogP contribution in [0.3, 0.4) is 0 Å². The molecular formula is C12H21N3OS2. The molecule has 1 saturated heterocycles. The maximum Gasteiger partial charge on any atom is 0.185 e. The van der Waals surface area contributed by atoms with Gasteiger partial charge in [0, 0.05) is 44.4 Å². The van der Waals surface area contributed by atoms with Gasteiger partial charge in [-0.1, -0.05) is 0 Å². The normalized spacial score (nSPS) is 19.3. The first-order chi connectivity index (χ1) is 8.81. The quantitative estimate of drug-likeness (QED) is 0.774. The van der Waals surface area contributed by atoms with Crippen LogP contribution < -0.4 is 10.2 Å². The standard InChI is InChI=1S/C12H21N3OS2/c1-15(11-3-6-17-9-11)12-14-10(8-18-12)7-13-4-5-16-2/h8,11,13H,3-7,9H2,1-2H3. The summed E-state index contributed by atoms with van der Waals surface area (Å²) in [6, 6.07) is 0.662. The van der Waals surface area contributed by atoms with Crippen molar-refractivity contribution in [1.82, 2.24) is 10.3 Å². The van der Waals surface area contributed by atoms with Crippen molar-refractivity contribution in [2.45, 2.75) is 19.0 Å². The van der Waals surface area contributed by atoms with Gasteiger partial charge < -0.3 is 15.0 Å². The van der Waals surface area contributed by atoms with E-state index in [9.17, 15) is 0 Å². The van der Waals surface area contributed by atoms with E-state index >= 15 is 0 Å². The number of thiazole rings is 1. The first-order valence-corrected chi connectivity index (χ1v) is 8.29. The van der Waals surface area contributed by atoms with E-state index in [4.69, 9.17) is 4.74 Å².